The summed E-state index contributed by atoms with van der Waals surface area (Å²) in [6.45, 7) is 3.79. The molecule has 0 aliphatic heterocycles. The predicted octanol–water partition coefficient (Wildman–Crippen LogP) is 0.356. The topological polar surface area (TPSA) is 108 Å². The summed E-state index contributed by atoms with van der Waals surface area (Å²) in [5, 5.41) is 22.9. The van der Waals surface area contributed by atoms with Crippen LogP contribution in [-0.4, -0.2) is 34.2 Å². The molecule has 88 valence electrons. The van der Waals surface area contributed by atoms with Crippen molar-refractivity contribution in [2.24, 2.45) is 10.9 Å². The van der Waals surface area contributed by atoms with Crippen molar-refractivity contribution in [1.29, 1.82) is 0 Å². The number of nitrogens with zero attached hydrogens (tertiary/aromatic N) is 1. The van der Waals surface area contributed by atoms with Crippen molar-refractivity contribution in [2.75, 3.05) is 6.54 Å². The fraction of sp³-hybridized carbons (Fsp3) is 0.778. The number of nitrogens with one attached hydrogen (secondary N) is 1. The van der Waals surface area contributed by atoms with Gasteiger partial charge in [-0.05, 0) is 33.1 Å². The Morgan fingerprint density at radius 1 is 1.53 bits per heavy atom. The normalized spacial score (nSPS) is 15.8. The maximum atomic E-state index is 10.6. The van der Waals surface area contributed by atoms with Gasteiger partial charge in [0.05, 0.1) is 0 Å². The lowest BCUT2D eigenvalue weighted by molar-refractivity contribution is -0.142. The molecular formula is C9H19N3O3. The molecule has 1 atom stereocenters. The van der Waals surface area contributed by atoms with E-state index in [2.05, 4.69) is 10.5 Å². The van der Waals surface area contributed by atoms with Gasteiger partial charge >= 0.3 is 5.97 Å². The number of hydrogen-bond donors (Lipinski definition) is 4. The van der Waals surface area contributed by atoms with E-state index in [1.54, 1.807) is 6.92 Å². The molecule has 15 heavy (non-hydrogen) atoms. The molecule has 0 saturated heterocycles. The fourth-order valence-electron chi connectivity index (χ4n) is 1.03. The summed E-state index contributed by atoms with van der Waals surface area (Å²) in [4.78, 5) is 10.6. The zero-order chi connectivity index (χ0) is 11.9. The Morgan fingerprint density at radius 2 is 2.13 bits per heavy atom. The Balaban J connectivity index is 3.59. The van der Waals surface area contributed by atoms with E-state index in [1.807, 2.05) is 0 Å². The minimum Gasteiger partial charge on any atom is -0.480 e. The molecule has 0 spiro atoms. The van der Waals surface area contributed by atoms with Crippen LogP contribution in [0, 0.1) is 0 Å². The quantitative estimate of drug-likeness (QED) is 0.169. The van der Waals surface area contributed by atoms with Crippen LogP contribution in [0.15, 0.2) is 5.16 Å². The standard InChI is InChI=1S/C9H19N3O3/c1-7(12-15)11-6-4-3-5-9(2,10)8(13)14/h15H,3-6,10H2,1-2H3,(H,11,12)(H,13,14). The Bertz CT molecular complexity index is 239. The minimum atomic E-state index is -1.15. The molecule has 1 unspecified atom stereocenters. The summed E-state index contributed by atoms with van der Waals surface area (Å²) in [6.07, 6.45) is 1.93. The van der Waals surface area contributed by atoms with Crippen molar-refractivity contribution in [1.82, 2.24) is 5.32 Å². The molecule has 0 fully saturated rings. The molecule has 0 aliphatic carbocycles. The van der Waals surface area contributed by atoms with Gasteiger partial charge in [-0.25, -0.2) is 0 Å². The largest absolute Gasteiger partial charge is 0.480 e. The van der Waals surface area contributed by atoms with E-state index in [4.69, 9.17) is 16.0 Å². The van der Waals surface area contributed by atoms with Crippen molar-refractivity contribution in [3.63, 3.8) is 0 Å². The zero-order valence-electron chi connectivity index (χ0n) is 9.16. The highest BCUT2D eigenvalue weighted by atomic mass is 16.4. The van der Waals surface area contributed by atoms with E-state index in [0.717, 1.165) is 6.42 Å². The van der Waals surface area contributed by atoms with Crippen LogP contribution in [0.2, 0.25) is 0 Å². The van der Waals surface area contributed by atoms with E-state index in [1.165, 1.54) is 6.92 Å². The maximum absolute atomic E-state index is 10.6. The van der Waals surface area contributed by atoms with Gasteiger partial charge in [-0.2, -0.15) is 0 Å². The second-order valence-electron chi connectivity index (χ2n) is 3.79. The molecule has 0 amide bonds. The molecule has 0 heterocycles. The summed E-state index contributed by atoms with van der Waals surface area (Å²) in [7, 11) is 0. The van der Waals surface area contributed by atoms with Crippen molar-refractivity contribution >= 4 is 11.8 Å². The summed E-state index contributed by atoms with van der Waals surface area (Å²) in [5.41, 5.74) is 4.39. The first-order valence-electron chi connectivity index (χ1n) is 4.85. The van der Waals surface area contributed by atoms with Gasteiger partial charge in [-0.15, -0.1) is 0 Å². The van der Waals surface area contributed by atoms with Gasteiger partial charge in [0, 0.05) is 6.54 Å². The summed E-state index contributed by atoms with van der Waals surface area (Å²) in [6, 6.07) is 0. The Hall–Kier alpha value is -1.30. The van der Waals surface area contributed by atoms with Gasteiger partial charge < -0.3 is 21.4 Å². The van der Waals surface area contributed by atoms with Crippen LogP contribution < -0.4 is 11.1 Å². The van der Waals surface area contributed by atoms with Crippen LogP contribution >= 0.6 is 0 Å². The van der Waals surface area contributed by atoms with E-state index in [-0.39, 0.29) is 0 Å². The number of aliphatic carboxylic acids is 1. The molecule has 0 aromatic rings. The van der Waals surface area contributed by atoms with Gasteiger partial charge in [0.2, 0.25) is 0 Å². The van der Waals surface area contributed by atoms with E-state index < -0.39 is 11.5 Å². The zero-order valence-corrected chi connectivity index (χ0v) is 9.16. The molecule has 0 bridgehead atoms. The number of oxime groups is 1. The Kier molecular flexibility index (Phi) is 5.69. The molecule has 6 nitrogen and oxygen atoms in total. The summed E-state index contributed by atoms with van der Waals surface area (Å²) >= 11 is 0. The van der Waals surface area contributed by atoms with Gasteiger partial charge in [-0.3, -0.25) is 4.79 Å². The van der Waals surface area contributed by atoms with Crippen molar-refractivity contribution in [3.05, 3.63) is 0 Å². The third-order valence-electron chi connectivity index (χ3n) is 2.14. The van der Waals surface area contributed by atoms with Crippen molar-refractivity contribution in [2.45, 2.75) is 38.6 Å². The maximum Gasteiger partial charge on any atom is 0.323 e. The second kappa shape index (κ2) is 6.23. The van der Waals surface area contributed by atoms with E-state index in [9.17, 15) is 4.79 Å². The molecule has 0 aliphatic rings. The van der Waals surface area contributed by atoms with Gasteiger partial charge in [-0.1, -0.05) is 5.16 Å². The minimum absolute atomic E-state index is 0.430. The molecule has 0 rings (SSSR count). The molecule has 0 radical (unpaired) electrons. The lowest BCUT2D eigenvalue weighted by atomic mass is 9.96. The lowest BCUT2D eigenvalue weighted by Gasteiger charge is -2.18. The number of carbonyl (C=O) groups is 1. The highest BCUT2D eigenvalue weighted by molar-refractivity contribution is 5.78. The van der Waals surface area contributed by atoms with Crippen LogP contribution in [0.5, 0.6) is 0 Å². The van der Waals surface area contributed by atoms with Gasteiger partial charge in [0.15, 0.2) is 0 Å². The van der Waals surface area contributed by atoms with Crippen LogP contribution in [0.1, 0.15) is 33.1 Å². The molecule has 6 heteroatoms. The number of hydrogen-bond acceptors (Lipinski definition) is 4. The van der Waals surface area contributed by atoms with Crippen molar-refractivity contribution < 1.29 is 15.1 Å². The number of rotatable bonds is 6. The first-order valence-corrected chi connectivity index (χ1v) is 4.85. The summed E-state index contributed by atoms with van der Waals surface area (Å²) in [5.74, 6) is -0.535. The highest BCUT2D eigenvalue weighted by Crippen LogP contribution is 2.10. The highest BCUT2D eigenvalue weighted by Gasteiger charge is 2.26. The number of unbranched alkanes of at least 4 members (excludes halogenated alkanes) is 1. The van der Waals surface area contributed by atoms with Gasteiger partial charge in [0.25, 0.3) is 0 Å². The molecule has 0 saturated carbocycles. The average Bonchev–Trinajstić information content (AvgIpc) is 2.16. The molecule has 5 N–H and O–H groups in total. The summed E-state index contributed by atoms with van der Waals surface area (Å²) < 4.78 is 0. The Labute approximate surface area is 89.1 Å². The smallest absolute Gasteiger partial charge is 0.323 e. The number of amidine groups is 1. The predicted molar refractivity (Wildman–Crippen MR) is 57.0 cm³/mol. The lowest BCUT2D eigenvalue weighted by Crippen LogP contribution is -2.44. The first-order chi connectivity index (χ1) is 6.90. The first kappa shape index (κ1) is 13.7. The number of nitrogens with two attached hydrogens (primary N) is 1. The van der Waals surface area contributed by atoms with Crippen LogP contribution in [0.25, 0.3) is 0 Å². The van der Waals surface area contributed by atoms with Gasteiger partial charge in [0.1, 0.15) is 11.4 Å². The third-order valence-corrected chi connectivity index (χ3v) is 2.14. The number of carboxylic acids is 1. The SMILES string of the molecule is C/C(=N\O)NCCCCC(C)(N)C(=O)O. The molecule has 0 aromatic heterocycles. The monoisotopic (exact) mass is 217 g/mol. The van der Waals surface area contributed by atoms with Crippen LogP contribution in [0.4, 0.5) is 0 Å². The van der Waals surface area contributed by atoms with E-state index >= 15 is 0 Å². The van der Waals surface area contributed by atoms with Crippen LogP contribution in [-0.2, 0) is 4.79 Å². The van der Waals surface area contributed by atoms with Crippen LogP contribution in [0.3, 0.4) is 0 Å². The van der Waals surface area contributed by atoms with Crippen molar-refractivity contribution in [3.8, 4) is 0 Å². The van der Waals surface area contributed by atoms with E-state index in [0.29, 0.717) is 25.2 Å². The average molecular weight is 217 g/mol. The second-order valence-corrected chi connectivity index (χ2v) is 3.79. The Morgan fingerprint density at radius 3 is 2.60 bits per heavy atom. The molecular weight excluding hydrogens is 198 g/mol. The number of carboxylic acid groups (broad SMARTS) is 1. The molecule has 0 aromatic carbocycles. The fourth-order valence-corrected chi connectivity index (χ4v) is 1.03. The third kappa shape index (κ3) is 5.90.